The van der Waals surface area contributed by atoms with Crippen molar-refractivity contribution in [3.63, 3.8) is 0 Å². The number of rotatable bonds is 4. The summed E-state index contributed by atoms with van der Waals surface area (Å²) in [4.78, 5) is 11.1. The molecule has 0 atom stereocenters. The minimum absolute atomic E-state index is 0.0479. The van der Waals surface area contributed by atoms with Gasteiger partial charge < -0.3 is 10.1 Å². The molecule has 0 saturated carbocycles. The Labute approximate surface area is 93.9 Å². The fraction of sp³-hybridized carbons (Fsp3) is 0.250. The number of benzene rings is 1. The molecule has 0 spiro atoms. The summed E-state index contributed by atoms with van der Waals surface area (Å²) in [6.45, 7) is 0.709. The van der Waals surface area contributed by atoms with E-state index in [1.165, 1.54) is 19.2 Å². The summed E-state index contributed by atoms with van der Waals surface area (Å²) in [7, 11) is 3.05. The largest absolute Gasteiger partial charge is 0.465 e. The van der Waals surface area contributed by atoms with Crippen molar-refractivity contribution in [2.24, 2.45) is 0 Å². The lowest BCUT2D eigenvalue weighted by Gasteiger charge is -2.01. The Morgan fingerprint density at radius 1 is 1.56 bits per heavy atom. The maximum atomic E-state index is 13.4. The number of likely N-dealkylation sites (N-methyl/N-ethyl adjacent to an activating group) is 1. The summed E-state index contributed by atoms with van der Waals surface area (Å²) in [5.41, 5.74) is 0.661. The van der Waals surface area contributed by atoms with E-state index in [-0.39, 0.29) is 5.56 Å². The SMILES string of the molecule is CNCC=Cc1ccc(C(=O)OC)c(F)c1. The number of nitrogens with one attached hydrogen (secondary N) is 1. The Kier molecular flexibility index (Phi) is 4.66. The third kappa shape index (κ3) is 3.17. The van der Waals surface area contributed by atoms with Gasteiger partial charge in [-0.15, -0.1) is 0 Å². The lowest BCUT2D eigenvalue weighted by atomic mass is 10.1. The first-order chi connectivity index (χ1) is 7.69. The zero-order valence-corrected chi connectivity index (χ0v) is 9.29. The molecule has 4 heteroatoms. The van der Waals surface area contributed by atoms with Crippen molar-refractivity contribution < 1.29 is 13.9 Å². The van der Waals surface area contributed by atoms with Gasteiger partial charge in [0.15, 0.2) is 0 Å². The van der Waals surface area contributed by atoms with E-state index in [1.807, 2.05) is 13.1 Å². The molecule has 1 rings (SSSR count). The third-order valence-corrected chi connectivity index (χ3v) is 2.03. The van der Waals surface area contributed by atoms with Crippen molar-refractivity contribution in [3.05, 3.63) is 41.2 Å². The highest BCUT2D eigenvalue weighted by Crippen LogP contribution is 2.12. The highest BCUT2D eigenvalue weighted by Gasteiger charge is 2.11. The van der Waals surface area contributed by atoms with Gasteiger partial charge in [-0.05, 0) is 24.7 Å². The number of methoxy groups -OCH3 is 1. The molecule has 16 heavy (non-hydrogen) atoms. The molecule has 0 aromatic heterocycles. The van der Waals surface area contributed by atoms with Crippen LogP contribution in [0.2, 0.25) is 0 Å². The van der Waals surface area contributed by atoms with E-state index in [1.54, 1.807) is 12.1 Å². The average molecular weight is 223 g/mol. The number of ether oxygens (including phenoxy) is 1. The predicted molar refractivity (Wildman–Crippen MR) is 60.7 cm³/mol. The molecule has 0 saturated heterocycles. The van der Waals surface area contributed by atoms with E-state index >= 15 is 0 Å². The quantitative estimate of drug-likeness (QED) is 0.791. The fourth-order valence-corrected chi connectivity index (χ4v) is 1.22. The summed E-state index contributed by atoms with van der Waals surface area (Å²) >= 11 is 0. The van der Waals surface area contributed by atoms with Gasteiger partial charge in [0.25, 0.3) is 0 Å². The first-order valence-electron chi connectivity index (χ1n) is 4.88. The molecule has 0 radical (unpaired) electrons. The number of hydrogen-bond acceptors (Lipinski definition) is 3. The highest BCUT2D eigenvalue weighted by atomic mass is 19.1. The second-order valence-electron chi connectivity index (χ2n) is 3.19. The van der Waals surface area contributed by atoms with E-state index in [0.717, 1.165) is 0 Å². The number of carbonyl (C=O) groups excluding carboxylic acids is 1. The zero-order valence-electron chi connectivity index (χ0n) is 9.29. The van der Waals surface area contributed by atoms with E-state index in [2.05, 4.69) is 10.1 Å². The van der Waals surface area contributed by atoms with E-state index in [9.17, 15) is 9.18 Å². The molecule has 86 valence electrons. The molecule has 0 heterocycles. The number of halogens is 1. The maximum Gasteiger partial charge on any atom is 0.340 e. The van der Waals surface area contributed by atoms with Gasteiger partial charge in [0, 0.05) is 6.54 Å². The van der Waals surface area contributed by atoms with Gasteiger partial charge in [-0.2, -0.15) is 0 Å². The van der Waals surface area contributed by atoms with Crippen LogP contribution in [0.25, 0.3) is 6.08 Å². The Hall–Kier alpha value is -1.68. The van der Waals surface area contributed by atoms with Crippen molar-refractivity contribution >= 4 is 12.0 Å². The molecule has 0 bridgehead atoms. The van der Waals surface area contributed by atoms with Crippen molar-refractivity contribution in [2.45, 2.75) is 0 Å². The Balaban J connectivity index is 2.86. The number of hydrogen-bond donors (Lipinski definition) is 1. The van der Waals surface area contributed by atoms with Gasteiger partial charge in [-0.25, -0.2) is 9.18 Å². The van der Waals surface area contributed by atoms with Crippen LogP contribution in [-0.2, 0) is 4.74 Å². The van der Waals surface area contributed by atoms with Gasteiger partial charge >= 0.3 is 5.97 Å². The van der Waals surface area contributed by atoms with Crippen molar-refractivity contribution in [1.82, 2.24) is 5.32 Å². The first-order valence-corrected chi connectivity index (χ1v) is 4.88. The van der Waals surface area contributed by atoms with E-state index in [4.69, 9.17) is 0 Å². The van der Waals surface area contributed by atoms with Crippen molar-refractivity contribution in [3.8, 4) is 0 Å². The van der Waals surface area contributed by atoms with Crippen LogP contribution in [0.1, 0.15) is 15.9 Å². The van der Waals surface area contributed by atoms with Crippen LogP contribution in [0.3, 0.4) is 0 Å². The van der Waals surface area contributed by atoms with Gasteiger partial charge in [0.1, 0.15) is 5.82 Å². The molecular formula is C12H14FNO2. The molecular weight excluding hydrogens is 209 g/mol. The summed E-state index contributed by atoms with van der Waals surface area (Å²) in [6, 6.07) is 4.39. The minimum atomic E-state index is -0.664. The van der Waals surface area contributed by atoms with Crippen LogP contribution < -0.4 is 5.32 Å². The standard InChI is InChI=1S/C12H14FNO2/c1-14-7-3-4-9-5-6-10(11(13)8-9)12(15)16-2/h3-6,8,14H,7H2,1-2H3. The summed E-state index contributed by atoms with van der Waals surface area (Å²) in [5, 5.41) is 2.94. The predicted octanol–water partition coefficient (Wildman–Crippen LogP) is 1.84. The average Bonchev–Trinajstić information content (AvgIpc) is 2.29. The Bertz CT molecular complexity index is 402. The monoisotopic (exact) mass is 223 g/mol. The van der Waals surface area contributed by atoms with Crippen molar-refractivity contribution in [2.75, 3.05) is 20.7 Å². The molecule has 1 aromatic rings. The van der Waals surface area contributed by atoms with Crippen LogP contribution in [0, 0.1) is 5.82 Å². The molecule has 0 amide bonds. The lowest BCUT2D eigenvalue weighted by Crippen LogP contribution is -2.05. The maximum absolute atomic E-state index is 13.4. The normalized spacial score (nSPS) is 10.7. The minimum Gasteiger partial charge on any atom is -0.465 e. The van der Waals surface area contributed by atoms with E-state index in [0.29, 0.717) is 12.1 Å². The lowest BCUT2D eigenvalue weighted by molar-refractivity contribution is 0.0595. The van der Waals surface area contributed by atoms with Gasteiger partial charge in [0.05, 0.1) is 12.7 Å². The smallest absolute Gasteiger partial charge is 0.340 e. The topological polar surface area (TPSA) is 38.3 Å². The summed E-state index contributed by atoms with van der Waals surface area (Å²) in [6.07, 6.45) is 3.65. The first kappa shape index (κ1) is 12.4. The highest BCUT2D eigenvalue weighted by molar-refractivity contribution is 5.89. The van der Waals surface area contributed by atoms with Crippen LogP contribution in [0.5, 0.6) is 0 Å². The fourth-order valence-electron chi connectivity index (χ4n) is 1.22. The second kappa shape index (κ2) is 6.02. The van der Waals surface area contributed by atoms with Crippen LogP contribution >= 0.6 is 0 Å². The molecule has 0 aliphatic rings. The molecule has 1 N–H and O–H groups in total. The molecule has 0 fully saturated rings. The molecule has 0 unspecified atom stereocenters. The third-order valence-electron chi connectivity index (χ3n) is 2.03. The molecule has 0 aliphatic carbocycles. The van der Waals surface area contributed by atoms with Gasteiger partial charge in [-0.3, -0.25) is 0 Å². The van der Waals surface area contributed by atoms with Gasteiger partial charge in [-0.1, -0.05) is 18.2 Å². The molecule has 1 aromatic carbocycles. The molecule has 3 nitrogen and oxygen atoms in total. The summed E-state index contributed by atoms with van der Waals surface area (Å²) in [5.74, 6) is -1.23. The van der Waals surface area contributed by atoms with Crippen LogP contribution in [0.15, 0.2) is 24.3 Å². The van der Waals surface area contributed by atoms with Gasteiger partial charge in [0.2, 0.25) is 0 Å². The Morgan fingerprint density at radius 2 is 2.31 bits per heavy atom. The zero-order chi connectivity index (χ0) is 12.0. The van der Waals surface area contributed by atoms with E-state index < -0.39 is 11.8 Å². The Morgan fingerprint density at radius 3 is 2.88 bits per heavy atom. The van der Waals surface area contributed by atoms with Crippen LogP contribution in [0.4, 0.5) is 4.39 Å². The molecule has 0 aliphatic heterocycles. The number of esters is 1. The second-order valence-corrected chi connectivity index (χ2v) is 3.19. The number of carbonyl (C=O) groups is 1. The van der Waals surface area contributed by atoms with Crippen LogP contribution in [-0.4, -0.2) is 26.7 Å². The van der Waals surface area contributed by atoms with Crippen molar-refractivity contribution in [1.29, 1.82) is 0 Å². The summed E-state index contributed by atoms with van der Waals surface area (Å²) < 4.78 is 17.9.